The fraction of sp³-hybridized carbons (Fsp3) is 0.214. The van der Waals surface area contributed by atoms with Crippen LogP contribution < -0.4 is 5.69 Å². The third-order valence-corrected chi connectivity index (χ3v) is 2.71. The summed E-state index contributed by atoms with van der Waals surface area (Å²) in [7, 11) is 0. The van der Waals surface area contributed by atoms with E-state index in [-0.39, 0.29) is 24.4 Å². The van der Waals surface area contributed by atoms with Gasteiger partial charge in [0, 0.05) is 11.8 Å². The van der Waals surface area contributed by atoms with Crippen LogP contribution in [-0.4, -0.2) is 22.1 Å². The molecule has 0 spiro atoms. The number of halogens is 2. The van der Waals surface area contributed by atoms with Crippen LogP contribution in [0.15, 0.2) is 35.3 Å². The lowest BCUT2D eigenvalue weighted by atomic mass is 10.1. The van der Waals surface area contributed by atoms with Gasteiger partial charge in [-0.1, -0.05) is 6.07 Å². The molecule has 2 rings (SSSR count). The van der Waals surface area contributed by atoms with Crippen LogP contribution in [0.5, 0.6) is 0 Å². The number of rotatable bonds is 4. The highest BCUT2D eigenvalue weighted by molar-refractivity contribution is 5.69. The molecule has 0 saturated carbocycles. The summed E-state index contributed by atoms with van der Waals surface area (Å²) in [6.07, 6.45) is 1.28. The average Bonchev–Trinajstić information content (AvgIpc) is 2.44. The van der Waals surface area contributed by atoms with Crippen molar-refractivity contribution in [1.82, 2.24) is 9.55 Å². The largest absolute Gasteiger partial charge is 0.465 e. The number of benzene rings is 1. The predicted molar refractivity (Wildman–Crippen MR) is 70.5 cm³/mol. The molecule has 0 aliphatic carbocycles. The molecule has 1 aromatic heterocycles. The Labute approximate surface area is 118 Å². The third-order valence-electron chi connectivity index (χ3n) is 2.71. The number of hydrogen-bond donors (Lipinski definition) is 0. The summed E-state index contributed by atoms with van der Waals surface area (Å²) in [4.78, 5) is 26.7. The molecule has 7 heteroatoms. The third kappa shape index (κ3) is 3.31. The van der Waals surface area contributed by atoms with Gasteiger partial charge in [0.15, 0.2) is 11.6 Å². The molecule has 0 amide bonds. The summed E-state index contributed by atoms with van der Waals surface area (Å²) < 4.78 is 32.5. The molecule has 0 fully saturated rings. The van der Waals surface area contributed by atoms with Crippen molar-refractivity contribution in [1.29, 1.82) is 0 Å². The Bertz CT molecular complexity index is 728. The maximum atomic E-state index is 13.6. The Balaban J connectivity index is 2.33. The normalized spacial score (nSPS) is 10.4. The summed E-state index contributed by atoms with van der Waals surface area (Å²) in [6.45, 7) is 1.56. The Morgan fingerprint density at radius 2 is 2.10 bits per heavy atom. The number of aromatic nitrogens is 2. The monoisotopic (exact) mass is 294 g/mol. The predicted octanol–water partition coefficient (Wildman–Crippen LogP) is 1.75. The van der Waals surface area contributed by atoms with Crippen LogP contribution >= 0.6 is 0 Å². The maximum absolute atomic E-state index is 13.6. The number of hydrogen-bond acceptors (Lipinski definition) is 4. The van der Waals surface area contributed by atoms with Crippen molar-refractivity contribution in [2.24, 2.45) is 0 Å². The number of esters is 1. The van der Waals surface area contributed by atoms with Crippen molar-refractivity contribution < 1.29 is 18.3 Å². The number of carbonyl (C=O) groups is 1. The van der Waals surface area contributed by atoms with E-state index in [1.807, 2.05) is 0 Å². The van der Waals surface area contributed by atoms with E-state index < -0.39 is 23.3 Å². The standard InChI is InChI=1S/C14H12F2N2O3/c1-2-21-12(19)8-18-7-6-11(17-14(18)20)9-4-3-5-10(15)13(9)16/h3-7H,2,8H2,1H3. The van der Waals surface area contributed by atoms with Crippen molar-refractivity contribution in [3.63, 3.8) is 0 Å². The minimum Gasteiger partial charge on any atom is -0.465 e. The SMILES string of the molecule is CCOC(=O)Cn1ccc(-c2cccc(F)c2F)nc1=O. The molecule has 0 aliphatic heterocycles. The van der Waals surface area contributed by atoms with Crippen molar-refractivity contribution in [3.05, 3.63) is 52.6 Å². The number of ether oxygens (including phenoxy) is 1. The first-order valence-corrected chi connectivity index (χ1v) is 6.20. The Morgan fingerprint density at radius 1 is 1.33 bits per heavy atom. The van der Waals surface area contributed by atoms with Gasteiger partial charge in [-0.25, -0.2) is 13.6 Å². The minimum atomic E-state index is -1.08. The van der Waals surface area contributed by atoms with E-state index in [0.29, 0.717) is 0 Å². The van der Waals surface area contributed by atoms with Gasteiger partial charge in [0.25, 0.3) is 0 Å². The molecule has 0 N–H and O–H groups in total. The Kier molecular flexibility index (Phi) is 4.42. The molecule has 0 unspecified atom stereocenters. The average molecular weight is 294 g/mol. The summed E-state index contributed by atoms with van der Waals surface area (Å²) in [5, 5.41) is 0. The lowest BCUT2D eigenvalue weighted by Crippen LogP contribution is -2.27. The van der Waals surface area contributed by atoms with Crippen molar-refractivity contribution >= 4 is 5.97 Å². The van der Waals surface area contributed by atoms with Crippen LogP contribution in [0.25, 0.3) is 11.3 Å². The zero-order valence-corrected chi connectivity index (χ0v) is 11.2. The fourth-order valence-corrected chi connectivity index (χ4v) is 1.75. The van der Waals surface area contributed by atoms with Gasteiger partial charge < -0.3 is 4.74 Å². The van der Waals surface area contributed by atoms with E-state index in [4.69, 9.17) is 4.74 Å². The van der Waals surface area contributed by atoms with Crippen LogP contribution in [0.2, 0.25) is 0 Å². The summed E-state index contributed by atoms with van der Waals surface area (Å²) in [5.41, 5.74) is -0.864. The molecule has 0 radical (unpaired) electrons. The van der Waals surface area contributed by atoms with Gasteiger partial charge in [0.1, 0.15) is 6.54 Å². The molecule has 0 bridgehead atoms. The van der Waals surface area contributed by atoms with Crippen molar-refractivity contribution in [2.45, 2.75) is 13.5 Å². The molecule has 0 aliphatic rings. The van der Waals surface area contributed by atoms with Gasteiger partial charge in [0.2, 0.25) is 0 Å². The maximum Gasteiger partial charge on any atom is 0.348 e. The van der Waals surface area contributed by atoms with E-state index in [1.165, 1.54) is 24.4 Å². The van der Waals surface area contributed by atoms with Gasteiger partial charge >= 0.3 is 11.7 Å². The second kappa shape index (κ2) is 6.25. The molecule has 1 aromatic carbocycles. The smallest absolute Gasteiger partial charge is 0.348 e. The second-order valence-electron chi connectivity index (χ2n) is 4.13. The van der Waals surface area contributed by atoms with Gasteiger partial charge in [-0.05, 0) is 25.1 Å². The van der Waals surface area contributed by atoms with Crippen molar-refractivity contribution in [2.75, 3.05) is 6.61 Å². The lowest BCUT2D eigenvalue weighted by Gasteiger charge is -2.07. The van der Waals surface area contributed by atoms with E-state index in [2.05, 4.69) is 4.98 Å². The first-order chi connectivity index (χ1) is 10.0. The molecule has 2 aromatic rings. The molecular weight excluding hydrogens is 282 g/mol. The van der Waals surface area contributed by atoms with Crippen LogP contribution in [0.4, 0.5) is 8.78 Å². The zero-order valence-electron chi connectivity index (χ0n) is 11.2. The highest BCUT2D eigenvalue weighted by Gasteiger charge is 2.13. The van der Waals surface area contributed by atoms with E-state index in [0.717, 1.165) is 10.6 Å². The quantitative estimate of drug-likeness (QED) is 0.806. The van der Waals surface area contributed by atoms with Crippen LogP contribution in [0.1, 0.15) is 6.92 Å². The Morgan fingerprint density at radius 3 is 2.76 bits per heavy atom. The van der Waals surface area contributed by atoms with E-state index >= 15 is 0 Å². The lowest BCUT2D eigenvalue weighted by molar-refractivity contribution is -0.143. The van der Waals surface area contributed by atoms with Gasteiger partial charge in [-0.2, -0.15) is 4.98 Å². The molecule has 21 heavy (non-hydrogen) atoms. The van der Waals surface area contributed by atoms with E-state index in [9.17, 15) is 18.4 Å². The second-order valence-corrected chi connectivity index (χ2v) is 4.13. The highest BCUT2D eigenvalue weighted by atomic mass is 19.2. The van der Waals surface area contributed by atoms with Crippen LogP contribution in [-0.2, 0) is 16.1 Å². The molecule has 0 saturated heterocycles. The number of carbonyl (C=O) groups excluding carboxylic acids is 1. The number of nitrogens with zero attached hydrogens (tertiary/aromatic N) is 2. The fourth-order valence-electron chi connectivity index (χ4n) is 1.75. The molecular formula is C14H12F2N2O3. The van der Waals surface area contributed by atoms with Gasteiger partial charge in [-0.3, -0.25) is 9.36 Å². The minimum absolute atomic E-state index is 0.00268. The highest BCUT2D eigenvalue weighted by Crippen LogP contribution is 2.21. The zero-order chi connectivity index (χ0) is 15.4. The van der Waals surface area contributed by atoms with E-state index in [1.54, 1.807) is 6.92 Å². The summed E-state index contributed by atoms with van der Waals surface area (Å²) >= 11 is 0. The first-order valence-electron chi connectivity index (χ1n) is 6.20. The molecule has 5 nitrogen and oxygen atoms in total. The molecule has 110 valence electrons. The van der Waals surface area contributed by atoms with Gasteiger partial charge in [-0.15, -0.1) is 0 Å². The Hall–Kier alpha value is -2.57. The van der Waals surface area contributed by atoms with Crippen LogP contribution in [0.3, 0.4) is 0 Å². The van der Waals surface area contributed by atoms with Crippen LogP contribution in [0, 0.1) is 11.6 Å². The topological polar surface area (TPSA) is 61.2 Å². The molecule has 0 atom stereocenters. The van der Waals surface area contributed by atoms with Gasteiger partial charge in [0.05, 0.1) is 12.3 Å². The summed E-state index contributed by atoms with van der Waals surface area (Å²) in [5.74, 6) is -2.68. The summed E-state index contributed by atoms with van der Waals surface area (Å²) in [6, 6.07) is 4.94. The van der Waals surface area contributed by atoms with Crippen molar-refractivity contribution in [3.8, 4) is 11.3 Å². The first kappa shape index (κ1) is 14.8. The molecule has 1 heterocycles.